The van der Waals surface area contributed by atoms with Crippen LogP contribution in [0.5, 0.6) is 5.75 Å². The normalized spacial score (nSPS) is 17.1. The molecule has 1 unspecified atom stereocenters. The van der Waals surface area contributed by atoms with Crippen LogP contribution in [0.2, 0.25) is 0 Å². The summed E-state index contributed by atoms with van der Waals surface area (Å²) >= 11 is 0. The van der Waals surface area contributed by atoms with E-state index < -0.39 is 23.9 Å². The first-order chi connectivity index (χ1) is 18.7. The van der Waals surface area contributed by atoms with Gasteiger partial charge >= 0.3 is 12.1 Å². The van der Waals surface area contributed by atoms with Crippen LogP contribution in [0.1, 0.15) is 47.4 Å². The van der Waals surface area contributed by atoms with E-state index in [4.69, 9.17) is 4.74 Å². The predicted octanol–water partition coefficient (Wildman–Crippen LogP) is 5.66. The maximum absolute atomic E-state index is 13.2. The molecule has 0 radical (unpaired) electrons. The quantitative estimate of drug-likeness (QED) is 0.340. The molecule has 1 atom stereocenters. The molecule has 2 N–H and O–H groups in total. The summed E-state index contributed by atoms with van der Waals surface area (Å²) in [6, 6.07) is 14.3. The van der Waals surface area contributed by atoms with Crippen molar-refractivity contribution in [2.24, 2.45) is 5.92 Å². The van der Waals surface area contributed by atoms with Crippen LogP contribution in [0, 0.1) is 5.92 Å². The minimum absolute atomic E-state index is 0.196. The number of nitrogens with one attached hydrogen (secondary N) is 1. The molecule has 0 bridgehead atoms. The number of benzene rings is 2. The molecular formula is C28H30F3N5O3. The number of halogens is 3. The Morgan fingerprint density at radius 2 is 1.82 bits per heavy atom. The van der Waals surface area contributed by atoms with E-state index in [1.54, 1.807) is 7.05 Å². The number of rotatable bonds is 10. The van der Waals surface area contributed by atoms with Gasteiger partial charge in [0, 0.05) is 20.1 Å². The zero-order valence-electron chi connectivity index (χ0n) is 21.5. The van der Waals surface area contributed by atoms with E-state index in [0.717, 1.165) is 18.6 Å². The Morgan fingerprint density at radius 3 is 2.44 bits per heavy atom. The van der Waals surface area contributed by atoms with E-state index in [2.05, 4.69) is 15.3 Å². The summed E-state index contributed by atoms with van der Waals surface area (Å²) < 4.78 is 45.5. The first kappa shape index (κ1) is 26.6. The number of carbonyl (C=O) groups is 1. The Morgan fingerprint density at radius 1 is 1.10 bits per heavy atom. The van der Waals surface area contributed by atoms with E-state index in [0.29, 0.717) is 41.1 Å². The zero-order chi connectivity index (χ0) is 27.6. The molecule has 0 amide bonds. The van der Waals surface area contributed by atoms with Gasteiger partial charge in [0.15, 0.2) is 11.6 Å². The maximum Gasteiger partial charge on any atom is 0.416 e. The van der Waals surface area contributed by atoms with Crippen molar-refractivity contribution >= 4 is 23.3 Å². The Kier molecular flexibility index (Phi) is 7.49. The molecule has 3 aromatic rings. The van der Waals surface area contributed by atoms with Crippen LogP contribution in [0.25, 0.3) is 0 Å². The van der Waals surface area contributed by atoms with Crippen LogP contribution in [-0.2, 0) is 12.7 Å². The Hall–Kier alpha value is -4.02. The molecule has 0 saturated heterocycles. The van der Waals surface area contributed by atoms with Crippen LogP contribution in [-0.4, -0.2) is 47.4 Å². The summed E-state index contributed by atoms with van der Waals surface area (Å²) in [5, 5.41) is 13.0. The second kappa shape index (κ2) is 11.0. The number of nitrogens with zero attached hydrogens (tertiary/aromatic N) is 4. The van der Waals surface area contributed by atoms with Gasteiger partial charge in [-0.05, 0) is 42.2 Å². The van der Waals surface area contributed by atoms with E-state index in [1.807, 2.05) is 40.1 Å². The second-order valence-electron chi connectivity index (χ2n) is 9.92. The third-order valence-corrected chi connectivity index (χ3v) is 7.33. The Balaban J connectivity index is 1.48. The topological polar surface area (TPSA) is 90.8 Å². The van der Waals surface area contributed by atoms with Crippen molar-refractivity contribution in [2.45, 2.75) is 44.6 Å². The molecular weight excluding hydrogens is 511 g/mol. The zero-order valence-corrected chi connectivity index (χ0v) is 21.5. The molecule has 1 aliphatic heterocycles. The molecule has 2 heterocycles. The van der Waals surface area contributed by atoms with Crippen LogP contribution < -0.4 is 19.9 Å². The predicted molar refractivity (Wildman–Crippen MR) is 141 cm³/mol. The first-order valence-electron chi connectivity index (χ1n) is 12.9. The van der Waals surface area contributed by atoms with Gasteiger partial charge in [-0.3, -0.25) is 0 Å². The molecule has 5 rings (SSSR count). The van der Waals surface area contributed by atoms with E-state index in [1.165, 1.54) is 31.4 Å². The largest absolute Gasteiger partial charge is 0.489 e. The summed E-state index contributed by atoms with van der Waals surface area (Å²) in [7, 11) is 1.79. The first-order valence-corrected chi connectivity index (χ1v) is 12.9. The maximum atomic E-state index is 13.2. The number of aromatic nitrogens is 2. The highest BCUT2D eigenvalue weighted by Crippen LogP contribution is 2.43. The van der Waals surface area contributed by atoms with Gasteiger partial charge in [-0.2, -0.15) is 13.2 Å². The fourth-order valence-corrected chi connectivity index (χ4v) is 4.92. The number of hydrogen-bond acceptors (Lipinski definition) is 7. The highest BCUT2D eigenvalue weighted by molar-refractivity contribution is 5.90. The molecule has 1 aliphatic carbocycles. The fourth-order valence-electron chi connectivity index (χ4n) is 4.92. The van der Waals surface area contributed by atoms with Gasteiger partial charge in [-0.15, -0.1) is 0 Å². The number of anilines is 3. The number of alkyl halides is 3. The average molecular weight is 542 g/mol. The van der Waals surface area contributed by atoms with Gasteiger partial charge in [0.1, 0.15) is 24.2 Å². The van der Waals surface area contributed by atoms with Gasteiger partial charge in [-0.25, -0.2) is 14.8 Å². The minimum atomic E-state index is -4.43. The molecule has 39 heavy (non-hydrogen) atoms. The lowest BCUT2D eigenvalue weighted by atomic mass is 9.83. The summed E-state index contributed by atoms with van der Waals surface area (Å²) in [5.41, 5.74) is 0.524. The number of carboxylic acid groups (broad SMARTS) is 1. The van der Waals surface area contributed by atoms with E-state index in [9.17, 15) is 23.1 Å². The number of ether oxygens (including phenoxy) is 1. The van der Waals surface area contributed by atoms with Crippen molar-refractivity contribution in [1.29, 1.82) is 0 Å². The average Bonchev–Trinajstić information content (AvgIpc) is 3.15. The smallest absolute Gasteiger partial charge is 0.416 e. The van der Waals surface area contributed by atoms with Crippen molar-refractivity contribution < 1.29 is 27.8 Å². The molecule has 206 valence electrons. The number of para-hydroxylation sites is 1. The summed E-state index contributed by atoms with van der Waals surface area (Å²) in [5.74, 6) is 0.536. The van der Waals surface area contributed by atoms with Crippen molar-refractivity contribution in [2.75, 3.05) is 35.3 Å². The molecule has 2 aromatic carbocycles. The number of likely N-dealkylation sites (N-methyl/N-ethyl adjacent to an activating group) is 1. The van der Waals surface area contributed by atoms with Gasteiger partial charge in [0.05, 0.1) is 5.56 Å². The molecule has 1 fully saturated rings. The highest BCUT2D eigenvalue weighted by atomic mass is 19.4. The van der Waals surface area contributed by atoms with Crippen LogP contribution in [0.15, 0.2) is 54.6 Å². The lowest BCUT2D eigenvalue weighted by molar-refractivity contribution is -0.137. The summed E-state index contributed by atoms with van der Waals surface area (Å²) in [4.78, 5) is 24.3. The number of fused-ring (bicyclic) bond motifs is 1. The van der Waals surface area contributed by atoms with Crippen LogP contribution in [0.3, 0.4) is 0 Å². The van der Waals surface area contributed by atoms with Crippen molar-refractivity contribution in [3.05, 3.63) is 71.5 Å². The van der Waals surface area contributed by atoms with Crippen LogP contribution >= 0.6 is 0 Å². The third-order valence-electron chi connectivity index (χ3n) is 7.33. The molecule has 1 saturated carbocycles. The molecule has 0 spiro atoms. The number of carboxylic acids is 1. The minimum Gasteiger partial charge on any atom is -0.489 e. The fraction of sp³-hybridized carbons (Fsp3) is 0.393. The van der Waals surface area contributed by atoms with Crippen LogP contribution in [0.4, 0.5) is 30.5 Å². The Labute approximate surface area is 224 Å². The van der Waals surface area contributed by atoms with Crippen molar-refractivity contribution in [3.63, 3.8) is 0 Å². The SMILES string of the molecule is CN1c2nc(C(=O)O)nc(NCCC3CCC3)c2N(Cc2ccc(C(F)(F)F)cc2)C1COc1ccccc1. The van der Waals surface area contributed by atoms with E-state index in [-0.39, 0.29) is 19.0 Å². The second-order valence-corrected chi connectivity index (χ2v) is 9.92. The highest BCUT2D eigenvalue weighted by Gasteiger charge is 2.39. The van der Waals surface area contributed by atoms with Gasteiger partial charge in [0.2, 0.25) is 5.82 Å². The van der Waals surface area contributed by atoms with E-state index >= 15 is 0 Å². The standard InChI is InChI=1S/C28H30F3N5O3/c1-35-22(17-39-21-8-3-2-4-9-21)36(16-19-10-12-20(13-11-19)28(29,30)31)23-24(32-15-14-18-6-5-7-18)33-25(27(37)38)34-26(23)35/h2-4,8-13,18,22H,5-7,14-17H2,1H3,(H,37,38)(H,32,33,34). The van der Waals surface area contributed by atoms with Crippen molar-refractivity contribution in [1.82, 2.24) is 9.97 Å². The molecule has 2 aliphatic rings. The van der Waals surface area contributed by atoms with Gasteiger partial charge in [0.25, 0.3) is 0 Å². The van der Waals surface area contributed by atoms with Gasteiger partial charge < -0.3 is 25.0 Å². The van der Waals surface area contributed by atoms with Gasteiger partial charge in [-0.1, -0.05) is 49.6 Å². The number of aromatic carboxylic acids is 1. The number of hydrogen-bond donors (Lipinski definition) is 2. The summed E-state index contributed by atoms with van der Waals surface area (Å²) in [6.07, 6.45) is -0.309. The third kappa shape index (κ3) is 5.86. The lowest BCUT2D eigenvalue weighted by Gasteiger charge is -2.31. The molecule has 11 heteroatoms. The Bertz CT molecular complexity index is 1300. The summed E-state index contributed by atoms with van der Waals surface area (Å²) in [6.45, 7) is 1.06. The lowest BCUT2D eigenvalue weighted by Crippen LogP contribution is -2.45. The van der Waals surface area contributed by atoms with Crippen molar-refractivity contribution in [3.8, 4) is 5.75 Å². The molecule has 8 nitrogen and oxygen atoms in total. The monoisotopic (exact) mass is 541 g/mol. The molecule has 1 aromatic heterocycles.